The molecule has 0 aliphatic rings. The van der Waals surface area contributed by atoms with Crippen LogP contribution in [0.4, 0.5) is 4.79 Å². The Balaban J connectivity index is 2.01. The molecule has 0 aliphatic heterocycles. The molecule has 0 unspecified atom stereocenters. The van der Waals surface area contributed by atoms with E-state index in [1.54, 1.807) is 0 Å². The summed E-state index contributed by atoms with van der Waals surface area (Å²) in [5.41, 5.74) is 6.75. The van der Waals surface area contributed by atoms with Crippen LogP contribution in [0.3, 0.4) is 0 Å². The summed E-state index contributed by atoms with van der Waals surface area (Å²) in [4.78, 5) is 34.7. The number of urea groups is 1. The lowest BCUT2D eigenvalue weighted by Gasteiger charge is -2.20. The fourth-order valence-corrected chi connectivity index (χ4v) is 2.39. The van der Waals surface area contributed by atoms with Gasteiger partial charge in [0.15, 0.2) is 6.61 Å². The number of nitrogens with two attached hydrogens (primary N) is 1. The zero-order valence-electron chi connectivity index (χ0n) is 14.3. The van der Waals surface area contributed by atoms with Gasteiger partial charge in [-0.3, -0.25) is 4.79 Å². The van der Waals surface area contributed by atoms with E-state index < -0.39 is 30.6 Å². The van der Waals surface area contributed by atoms with Gasteiger partial charge in [0.2, 0.25) is 0 Å². The first-order valence-electron chi connectivity index (χ1n) is 8.09. The molecule has 2 aromatic rings. The highest BCUT2D eigenvalue weighted by atomic mass is 16.5. The van der Waals surface area contributed by atoms with Gasteiger partial charge in [-0.1, -0.05) is 60.7 Å². The predicted molar refractivity (Wildman–Crippen MR) is 96.0 cm³/mol. The molecule has 0 fully saturated rings. The van der Waals surface area contributed by atoms with Crippen molar-refractivity contribution in [3.05, 3.63) is 71.8 Å². The Morgan fingerprint density at radius 2 is 1.42 bits per heavy atom. The second-order valence-electron chi connectivity index (χ2n) is 5.66. The van der Waals surface area contributed by atoms with E-state index in [0.717, 1.165) is 11.1 Å². The van der Waals surface area contributed by atoms with Gasteiger partial charge in [0, 0.05) is 0 Å². The maximum Gasteiger partial charge on any atom is 0.328 e. The van der Waals surface area contributed by atoms with Gasteiger partial charge in [-0.15, -0.1) is 0 Å². The fraction of sp³-hybridized carbons (Fsp3) is 0.211. The van der Waals surface area contributed by atoms with E-state index >= 15 is 0 Å². The molecule has 0 aromatic heterocycles. The van der Waals surface area contributed by atoms with Crippen LogP contribution < -0.4 is 16.4 Å². The van der Waals surface area contributed by atoms with Crippen molar-refractivity contribution in [2.75, 3.05) is 6.61 Å². The van der Waals surface area contributed by atoms with Crippen molar-refractivity contribution in [3.63, 3.8) is 0 Å². The average Bonchev–Trinajstić information content (AvgIpc) is 2.65. The highest BCUT2D eigenvalue weighted by Crippen LogP contribution is 2.21. The van der Waals surface area contributed by atoms with Crippen molar-refractivity contribution in [3.8, 4) is 0 Å². The lowest BCUT2D eigenvalue weighted by atomic mass is 9.99. The normalized spacial score (nSPS) is 11.5. The molecule has 4 N–H and O–H groups in total. The average molecular weight is 355 g/mol. The maximum atomic E-state index is 12.2. The first-order chi connectivity index (χ1) is 12.5. The van der Waals surface area contributed by atoms with Crippen molar-refractivity contribution < 1.29 is 19.1 Å². The van der Waals surface area contributed by atoms with Crippen molar-refractivity contribution in [1.82, 2.24) is 10.6 Å². The number of ether oxygens (including phenoxy) is 1. The van der Waals surface area contributed by atoms with Crippen LogP contribution in [-0.4, -0.2) is 30.6 Å². The summed E-state index contributed by atoms with van der Waals surface area (Å²) in [5, 5.41) is 5.05. The Labute approximate surface area is 151 Å². The molecule has 0 saturated carbocycles. The van der Waals surface area contributed by atoms with E-state index in [9.17, 15) is 14.4 Å². The minimum Gasteiger partial charge on any atom is -0.454 e. The number of primary amides is 1. The molecule has 0 bridgehead atoms. The first-order valence-corrected chi connectivity index (χ1v) is 8.09. The predicted octanol–water partition coefficient (Wildman–Crippen LogP) is 1.49. The molecular formula is C19H21N3O4. The molecule has 0 spiro atoms. The SMILES string of the molecule is C[C@@H](NC(N)=O)C(=O)OCC(=O)NC(c1ccccc1)c1ccccc1. The molecule has 2 rings (SSSR count). The standard InChI is InChI=1S/C19H21N3O4/c1-13(21-19(20)25)18(24)26-12-16(23)22-17(14-8-4-2-5-9-14)15-10-6-3-7-11-15/h2-11,13,17H,12H2,1H3,(H,22,23)(H3,20,21,25)/t13-/m1/s1. The zero-order valence-corrected chi connectivity index (χ0v) is 14.3. The summed E-state index contributed by atoms with van der Waals surface area (Å²) in [5.74, 6) is -1.20. The quantitative estimate of drug-likeness (QED) is 0.654. The summed E-state index contributed by atoms with van der Waals surface area (Å²) in [6, 6.07) is 16.8. The number of carbonyl (C=O) groups is 3. The van der Waals surface area contributed by atoms with Gasteiger partial charge in [-0.2, -0.15) is 0 Å². The van der Waals surface area contributed by atoms with Crippen molar-refractivity contribution >= 4 is 17.9 Å². The van der Waals surface area contributed by atoms with Gasteiger partial charge in [0.1, 0.15) is 6.04 Å². The van der Waals surface area contributed by atoms with Gasteiger partial charge in [0.25, 0.3) is 5.91 Å². The summed E-state index contributed by atoms with van der Waals surface area (Å²) >= 11 is 0. The van der Waals surface area contributed by atoms with Crippen molar-refractivity contribution in [2.45, 2.75) is 19.0 Å². The summed E-state index contributed by atoms with van der Waals surface area (Å²) in [6.07, 6.45) is 0. The molecule has 7 heteroatoms. The van der Waals surface area contributed by atoms with Crippen LogP contribution in [0.5, 0.6) is 0 Å². The molecule has 26 heavy (non-hydrogen) atoms. The van der Waals surface area contributed by atoms with E-state index in [2.05, 4.69) is 10.6 Å². The molecule has 0 aliphatic carbocycles. The van der Waals surface area contributed by atoms with E-state index in [1.807, 2.05) is 60.7 Å². The van der Waals surface area contributed by atoms with Crippen LogP contribution in [0.2, 0.25) is 0 Å². The van der Waals surface area contributed by atoms with Crippen LogP contribution in [0, 0.1) is 0 Å². The number of carbonyl (C=O) groups excluding carboxylic acids is 3. The Kier molecular flexibility index (Phi) is 6.73. The van der Waals surface area contributed by atoms with Crippen LogP contribution in [0.25, 0.3) is 0 Å². The fourth-order valence-electron chi connectivity index (χ4n) is 2.39. The van der Waals surface area contributed by atoms with Crippen LogP contribution in [0.15, 0.2) is 60.7 Å². The number of rotatable bonds is 7. The Bertz CT molecular complexity index is 710. The highest BCUT2D eigenvalue weighted by Gasteiger charge is 2.20. The largest absolute Gasteiger partial charge is 0.454 e. The Morgan fingerprint density at radius 1 is 0.923 bits per heavy atom. The summed E-state index contributed by atoms with van der Waals surface area (Å²) < 4.78 is 4.92. The van der Waals surface area contributed by atoms with E-state index in [1.165, 1.54) is 6.92 Å². The number of esters is 1. The minimum absolute atomic E-state index is 0.371. The third-order valence-electron chi connectivity index (χ3n) is 3.63. The van der Waals surface area contributed by atoms with E-state index in [-0.39, 0.29) is 6.04 Å². The third-order valence-corrected chi connectivity index (χ3v) is 3.63. The Hall–Kier alpha value is -3.35. The third kappa shape index (κ3) is 5.62. The van der Waals surface area contributed by atoms with Crippen molar-refractivity contribution in [1.29, 1.82) is 0 Å². The van der Waals surface area contributed by atoms with Crippen LogP contribution in [0.1, 0.15) is 24.1 Å². The molecule has 2 aromatic carbocycles. The van der Waals surface area contributed by atoms with Crippen LogP contribution in [-0.2, 0) is 14.3 Å². The molecule has 1 atom stereocenters. The molecule has 0 heterocycles. The van der Waals surface area contributed by atoms with Gasteiger partial charge < -0.3 is 21.1 Å². The van der Waals surface area contributed by atoms with Gasteiger partial charge in [0.05, 0.1) is 6.04 Å². The zero-order chi connectivity index (χ0) is 18.9. The molecule has 0 radical (unpaired) electrons. The molecule has 7 nitrogen and oxygen atoms in total. The number of nitrogens with one attached hydrogen (secondary N) is 2. The second-order valence-corrected chi connectivity index (χ2v) is 5.66. The molecular weight excluding hydrogens is 334 g/mol. The second kappa shape index (κ2) is 9.22. The smallest absolute Gasteiger partial charge is 0.328 e. The number of hydrogen-bond acceptors (Lipinski definition) is 4. The monoisotopic (exact) mass is 355 g/mol. The Morgan fingerprint density at radius 3 is 1.88 bits per heavy atom. The topological polar surface area (TPSA) is 111 Å². The number of benzene rings is 2. The van der Waals surface area contributed by atoms with E-state index in [4.69, 9.17) is 10.5 Å². The summed E-state index contributed by atoms with van der Waals surface area (Å²) in [6.45, 7) is 0.960. The van der Waals surface area contributed by atoms with Crippen molar-refractivity contribution in [2.24, 2.45) is 5.73 Å². The maximum absolute atomic E-state index is 12.2. The minimum atomic E-state index is -0.931. The highest BCUT2D eigenvalue weighted by molar-refractivity contribution is 5.85. The molecule has 3 amide bonds. The number of hydrogen-bond donors (Lipinski definition) is 3. The van der Waals surface area contributed by atoms with E-state index in [0.29, 0.717) is 0 Å². The first kappa shape index (κ1) is 19.0. The number of amides is 3. The molecule has 136 valence electrons. The lowest BCUT2D eigenvalue weighted by Crippen LogP contribution is -2.43. The molecule has 0 saturated heterocycles. The van der Waals surface area contributed by atoms with Crippen LogP contribution >= 0.6 is 0 Å². The lowest BCUT2D eigenvalue weighted by molar-refractivity contribution is -0.150. The van der Waals surface area contributed by atoms with Gasteiger partial charge in [-0.05, 0) is 18.1 Å². The van der Waals surface area contributed by atoms with Gasteiger partial charge in [-0.25, -0.2) is 9.59 Å². The summed E-state index contributed by atoms with van der Waals surface area (Å²) in [7, 11) is 0. The van der Waals surface area contributed by atoms with Gasteiger partial charge >= 0.3 is 12.0 Å².